The molecular weight excluding hydrogens is 242 g/mol. The minimum Gasteiger partial charge on any atom is -0.380 e. The molecule has 1 saturated heterocycles. The quantitative estimate of drug-likeness (QED) is 0.816. The number of hydrogen-bond donors (Lipinski definition) is 0. The normalized spacial score (nSPS) is 18.5. The third kappa shape index (κ3) is 3.78. The lowest BCUT2D eigenvalue weighted by molar-refractivity contribution is 0.0587. The maximum Gasteiger partial charge on any atom is 0.253 e. The Hall–Kier alpha value is -1.39. The second kappa shape index (κ2) is 6.68. The van der Waals surface area contributed by atoms with Crippen molar-refractivity contribution < 1.29 is 14.3 Å². The highest BCUT2D eigenvalue weighted by atomic mass is 16.5. The van der Waals surface area contributed by atoms with E-state index >= 15 is 0 Å². The molecule has 1 fully saturated rings. The van der Waals surface area contributed by atoms with Gasteiger partial charge in [-0.25, -0.2) is 0 Å². The van der Waals surface area contributed by atoms with Gasteiger partial charge in [-0.1, -0.05) is 12.1 Å². The van der Waals surface area contributed by atoms with Crippen molar-refractivity contribution in [3.05, 3.63) is 35.4 Å². The first-order valence-electron chi connectivity index (χ1n) is 6.65. The van der Waals surface area contributed by atoms with Gasteiger partial charge in [0.05, 0.1) is 12.7 Å². The summed E-state index contributed by atoms with van der Waals surface area (Å²) < 4.78 is 10.6. The first kappa shape index (κ1) is 14.0. The van der Waals surface area contributed by atoms with Gasteiger partial charge in [0.25, 0.3) is 5.91 Å². The lowest BCUT2D eigenvalue weighted by Gasteiger charge is -2.21. The van der Waals surface area contributed by atoms with Crippen LogP contribution >= 0.6 is 0 Å². The molecule has 1 aliphatic heterocycles. The number of benzene rings is 1. The van der Waals surface area contributed by atoms with Gasteiger partial charge in [0.1, 0.15) is 0 Å². The summed E-state index contributed by atoms with van der Waals surface area (Å²) in [5, 5.41) is 0. The summed E-state index contributed by atoms with van der Waals surface area (Å²) in [6.07, 6.45) is 2.34. The van der Waals surface area contributed by atoms with Gasteiger partial charge < -0.3 is 14.4 Å². The Morgan fingerprint density at radius 2 is 2.16 bits per heavy atom. The highest BCUT2D eigenvalue weighted by Gasteiger charge is 2.20. The monoisotopic (exact) mass is 263 g/mol. The number of likely N-dealkylation sites (N-methyl/N-ethyl adjacent to an activating group) is 1. The number of nitrogens with zero attached hydrogens (tertiary/aromatic N) is 1. The standard InChI is InChI=1S/C15H21NO3/c1-16(10-14-4-3-9-19-14)15(17)13-7-5-12(6-8-13)11-18-2/h5-8,14H,3-4,9-11H2,1-2H3/t14-/m0/s1. The van der Waals surface area contributed by atoms with Crippen molar-refractivity contribution in [1.82, 2.24) is 4.90 Å². The van der Waals surface area contributed by atoms with Crippen LogP contribution in [0.15, 0.2) is 24.3 Å². The second-order valence-corrected chi connectivity index (χ2v) is 4.95. The van der Waals surface area contributed by atoms with E-state index < -0.39 is 0 Å². The molecule has 1 aromatic carbocycles. The number of carbonyl (C=O) groups is 1. The average molecular weight is 263 g/mol. The third-order valence-corrected chi connectivity index (χ3v) is 3.36. The second-order valence-electron chi connectivity index (χ2n) is 4.95. The van der Waals surface area contributed by atoms with Gasteiger partial charge in [0, 0.05) is 32.9 Å². The lowest BCUT2D eigenvalue weighted by Crippen LogP contribution is -2.34. The van der Waals surface area contributed by atoms with Crippen LogP contribution in [0.1, 0.15) is 28.8 Å². The molecule has 0 bridgehead atoms. The smallest absolute Gasteiger partial charge is 0.253 e. The van der Waals surface area contributed by atoms with Crippen molar-refractivity contribution in [2.75, 3.05) is 27.3 Å². The lowest BCUT2D eigenvalue weighted by atomic mass is 10.1. The molecule has 104 valence electrons. The third-order valence-electron chi connectivity index (χ3n) is 3.36. The Bertz CT molecular complexity index is 410. The molecule has 1 aromatic rings. The van der Waals surface area contributed by atoms with Crippen LogP contribution in [0.5, 0.6) is 0 Å². The maximum atomic E-state index is 12.2. The molecule has 1 heterocycles. The van der Waals surface area contributed by atoms with Gasteiger partial charge in [-0.2, -0.15) is 0 Å². The fraction of sp³-hybridized carbons (Fsp3) is 0.533. The van der Waals surface area contributed by atoms with Crippen LogP contribution in [0.2, 0.25) is 0 Å². The first-order chi connectivity index (χ1) is 9.20. The van der Waals surface area contributed by atoms with Crippen LogP contribution < -0.4 is 0 Å². The van der Waals surface area contributed by atoms with Crippen LogP contribution in [-0.4, -0.2) is 44.2 Å². The molecule has 0 aromatic heterocycles. The number of methoxy groups -OCH3 is 1. The minimum atomic E-state index is 0.0412. The van der Waals surface area contributed by atoms with E-state index in [9.17, 15) is 4.79 Å². The first-order valence-corrected chi connectivity index (χ1v) is 6.65. The number of hydrogen-bond acceptors (Lipinski definition) is 3. The fourth-order valence-electron chi connectivity index (χ4n) is 2.31. The molecule has 2 rings (SSSR count). The van der Waals surface area contributed by atoms with E-state index in [1.807, 2.05) is 31.3 Å². The molecule has 0 unspecified atom stereocenters. The van der Waals surface area contributed by atoms with E-state index in [1.165, 1.54) is 0 Å². The van der Waals surface area contributed by atoms with Gasteiger partial charge in [0.15, 0.2) is 0 Å². The van der Waals surface area contributed by atoms with Gasteiger partial charge in [-0.15, -0.1) is 0 Å². The van der Waals surface area contributed by atoms with Crippen molar-refractivity contribution in [2.45, 2.75) is 25.6 Å². The Balaban J connectivity index is 1.93. The Morgan fingerprint density at radius 3 is 2.74 bits per heavy atom. The minimum absolute atomic E-state index is 0.0412. The zero-order chi connectivity index (χ0) is 13.7. The van der Waals surface area contributed by atoms with Crippen LogP contribution in [-0.2, 0) is 16.1 Å². The summed E-state index contributed by atoms with van der Waals surface area (Å²) in [4.78, 5) is 14.0. The summed E-state index contributed by atoms with van der Waals surface area (Å²) in [6.45, 7) is 2.05. The van der Waals surface area contributed by atoms with Crippen molar-refractivity contribution in [3.8, 4) is 0 Å². The molecular formula is C15H21NO3. The molecule has 1 aliphatic rings. The van der Waals surface area contributed by atoms with E-state index in [-0.39, 0.29) is 12.0 Å². The van der Waals surface area contributed by atoms with Crippen LogP contribution in [0, 0.1) is 0 Å². The van der Waals surface area contributed by atoms with Gasteiger partial charge in [0.2, 0.25) is 0 Å². The van der Waals surface area contributed by atoms with Crippen LogP contribution in [0.25, 0.3) is 0 Å². The molecule has 0 aliphatic carbocycles. The van der Waals surface area contributed by atoms with Crippen molar-refractivity contribution >= 4 is 5.91 Å². The van der Waals surface area contributed by atoms with Crippen molar-refractivity contribution in [1.29, 1.82) is 0 Å². The molecule has 1 amide bonds. The van der Waals surface area contributed by atoms with Gasteiger partial charge in [-0.05, 0) is 30.5 Å². The maximum absolute atomic E-state index is 12.2. The van der Waals surface area contributed by atoms with Gasteiger partial charge in [-0.3, -0.25) is 4.79 Å². The van der Waals surface area contributed by atoms with E-state index in [2.05, 4.69) is 0 Å². The summed E-state index contributed by atoms with van der Waals surface area (Å²) in [5.74, 6) is 0.0412. The number of amides is 1. The van der Waals surface area contributed by atoms with Crippen molar-refractivity contribution in [2.24, 2.45) is 0 Å². The molecule has 4 nitrogen and oxygen atoms in total. The number of carbonyl (C=O) groups excluding carboxylic acids is 1. The number of ether oxygens (including phenoxy) is 2. The summed E-state index contributed by atoms with van der Waals surface area (Å²) in [7, 11) is 3.49. The average Bonchev–Trinajstić information content (AvgIpc) is 2.92. The fourth-order valence-corrected chi connectivity index (χ4v) is 2.31. The van der Waals surface area contributed by atoms with E-state index in [4.69, 9.17) is 9.47 Å². The molecule has 1 atom stereocenters. The molecule has 4 heteroatoms. The summed E-state index contributed by atoms with van der Waals surface area (Å²) in [6, 6.07) is 7.55. The highest BCUT2D eigenvalue weighted by molar-refractivity contribution is 5.94. The van der Waals surface area contributed by atoms with Crippen LogP contribution in [0.3, 0.4) is 0 Å². The van der Waals surface area contributed by atoms with E-state index in [0.29, 0.717) is 18.7 Å². The zero-order valence-electron chi connectivity index (χ0n) is 11.6. The van der Waals surface area contributed by atoms with Crippen LogP contribution in [0.4, 0.5) is 0 Å². The molecule has 19 heavy (non-hydrogen) atoms. The molecule has 0 spiro atoms. The highest BCUT2D eigenvalue weighted by Crippen LogP contribution is 2.14. The topological polar surface area (TPSA) is 38.8 Å². The van der Waals surface area contributed by atoms with E-state index in [0.717, 1.165) is 25.0 Å². The largest absolute Gasteiger partial charge is 0.380 e. The Kier molecular flexibility index (Phi) is 4.93. The molecule has 0 radical (unpaired) electrons. The molecule has 0 N–H and O–H groups in total. The summed E-state index contributed by atoms with van der Waals surface area (Å²) in [5.41, 5.74) is 1.78. The SMILES string of the molecule is COCc1ccc(C(=O)N(C)C[C@@H]2CCCO2)cc1. The zero-order valence-corrected chi connectivity index (χ0v) is 11.6. The van der Waals surface area contributed by atoms with Crippen molar-refractivity contribution in [3.63, 3.8) is 0 Å². The van der Waals surface area contributed by atoms with Gasteiger partial charge >= 0.3 is 0 Å². The van der Waals surface area contributed by atoms with E-state index in [1.54, 1.807) is 12.0 Å². The molecule has 0 saturated carbocycles. The Labute approximate surface area is 114 Å². The summed E-state index contributed by atoms with van der Waals surface area (Å²) >= 11 is 0. The predicted molar refractivity (Wildman–Crippen MR) is 73.1 cm³/mol. The Morgan fingerprint density at radius 1 is 1.42 bits per heavy atom. The predicted octanol–water partition coefficient (Wildman–Crippen LogP) is 2.08. The number of rotatable bonds is 5.